The van der Waals surface area contributed by atoms with E-state index in [4.69, 9.17) is 30.5 Å². The molecule has 10 heteroatoms. The molecule has 2 heterocycles. The molecular formula is C30H31ClN2O6S. The van der Waals surface area contributed by atoms with Gasteiger partial charge in [-0.25, -0.2) is 9.79 Å². The predicted octanol–water partition coefficient (Wildman–Crippen LogP) is 4.81. The number of thiazole rings is 1. The van der Waals surface area contributed by atoms with E-state index in [-0.39, 0.29) is 30.5 Å². The first-order valence-electron chi connectivity index (χ1n) is 12.8. The number of benzene rings is 2. The Morgan fingerprint density at radius 3 is 2.67 bits per heavy atom. The first-order valence-corrected chi connectivity index (χ1v) is 14.0. The minimum Gasteiger partial charge on any atom is -0.493 e. The highest BCUT2D eigenvalue weighted by Gasteiger charge is 2.35. The van der Waals surface area contributed by atoms with Crippen LogP contribution in [-0.2, 0) is 9.53 Å². The van der Waals surface area contributed by atoms with E-state index in [1.165, 1.54) is 23.0 Å². The van der Waals surface area contributed by atoms with Gasteiger partial charge in [0.05, 0.1) is 40.6 Å². The van der Waals surface area contributed by atoms with Gasteiger partial charge in [-0.05, 0) is 57.5 Å². The number of hydrogen-bond donors (Lipinski definition) is 0. The van der Waals surface area contributed by atoms with Crippen molar-refractivity contribution in [2.75, 3.05) is 20.3 Å². The number of esters is 1. The number of aromatic nitrogens is 1. The Labute approximate surface area is 241 Å². The maximum absolute atomic E-state index is 14.0. The van der Waals surface area contributed by atoms with Crippen molar-refractivity contribution in [3.8, 4) is 17.2 Å². The molecule has 0 bridgehead atoms. The van der Waals surface area contributed by atoms with E-state index in [2.05, 4.69) is 11.6 Å². The van der Waals surface area contributed by atoms with Crippen molar-refractivity contribution < 1.29 is 23.7 Å². The number of rotatable bonds is 10. The normalized spacial score (nSPS) is 15.0. The lowest BCUT2D eigenvalue weighted by Gasteiger charge is -2.26. The Kier molecular flexibility index (Phi) is 9.17. The first kappa shape index (κ1) is 29.2. The molecular weight excluding hydrogens is 552 g/mol. The van der Waals surface area contributed by atoms with E-state index >= 15 is 0 Å². The average molecular weight is 583 g/mol. The van der Waals surface area contributed by atoms with Gasteiger partial charge < -0.3 is 18.9 Å². The highest BCUT2D eigenvalue weighted by molar-refractivity contribution is 7.07. The van der Waals surface area contributed by atoms with Gasteiger partial charge in [0.25, 0.3) is 5.56 Å². The van der Waals surface area contributed by atoms with Crippen molar-refractivity contribution in [2.45, 2.75) is 39.8 Å². The number of carbonyl (C=O) groups excluding carboxylic acids is 1. The van der Waals surface area contributed by atoms with Crippen LogP contribution in [0.2, 0.25) is 5.02 Å². The molecule has 0 saturated carbocycles. The Morgan fingerprint density at radius 2 is 2.00 bits per heavy atom. The molecule has 0 spiro atoms. The maximum atomic E-state index is 14.0. The largest absolute Gasteiger partial charge is 0.493 e. The quantitative estimate of drug-likeness (QED) is 0.252. The van der Waals surface area contributed by atoms with E-state index in [0.717, 1.165) is 0 Å². The van der Waals surface area contributed by atoms with E-state index in [9.17, 15) is 9.59 Å². The molecule has 0 N–H and O–H groups in total. The molecule has 4 rings (SSSR count). The van der Waals surface area contributed by atoms with Gasteiger partial charge in [-0.3, -0.25) is 9.36 Å². The molecule has 8 nitrogen and oxygen atoms in total. The molecule has 0 unspecified atom stereocenters. The summed E-state index contributed by atoms with van der Waals surface area (Å²) in [6.07, 6.45) is 3.20. The molecule has 0 fully saturated rings. The smallest absolute Gasteiger partial charge is 0.338 e. The van der Waals surface area contributed by atoms with Crippen molar-refractivity contribution >= 4 is 35.0 Å². The van der Waals surface area contributed by atoms with Crippen LogP contribution in [0.15, 0.2) is 70.1 Å². The predicted molar refractivity (Wildman–Crippen MR) is 156 cm³/mol. The summed E-state index contributed by atoms with van der Waals surface area (Å²) in [5, 5.41) is 0.332. The highest BCUT2D eigenvalue weighted by Crippen LogP contribution is 2.38. The number of methoxy groups -OCH3 is 1. The van der Waals surface area contributed by atoms with Crippen LogP contribution >= 0.6 is 22.9 Å². The topological polar surface area (TPSA) is 88.4 Å². The maximum Gasteiger partial charge on any atom is 0.338 e. The van der Waals surface area contributed by atoms with Crippen LogP contribution in [-0.4, -0.2) is 37.0 Å². The Hall–Kier alpha value is -3.82. The Balaban J connectivity index is 1.94. The summed E-state index contributed by atoms with van der Waals surface area (Å²) in [5.74, 6) is 0.847. The molecule has 0 saturated heterocycles. The highest BCUT2D eigenvalue weighted by atomic mass is 35.5. The minimum atomic E-state index is -0.791. The zero-order chi connectivity index (χ0) is 29.0. The molecule has 1 aromatic heterocycles. The second-order valence-electron chi connectivity index (χ2n) is 9.14. The van der Waals surface area contributed by atoms with Crippen molar-refractivity contribution in [3.05, 3.63) is 96.2 Å². The third-order valence-electron chi connectivity index (χ3n) is 5.99. The number of carbonyl (C=O) groups is 1. The van der Waals surface area contributed by atoms with Crippen LogP contribution in [0.25, 0.3) is 6.08 Å². The summed E-state index contributed by atoms with van der Waals surface area (Å²) in [4.78, 5) is 32.3. The number of nitrogens with zero attached hydrogens (tertiary/aromatic N) is 2. The van der Waals surface area contributed by atoms with Gasteiger partial charge in [-0.1, -0.05) is 53.8 Å². The molecule has 0 amide bonds. The number of ether oxygens (including phenoxy) is 4. The number of fused-ring (bicyclic) bond motifs is 1. The summed E-state index contributed by atoms with van der Waals surface area (Å²) in [5.41, 5.74) is 1.75. The lowest BCUT2D eigenvalue weighted by Crippen LogP contribution is -2.40. The van der Waals surface area contributed by atoms with Gasteiger partial charge in [-0.15, -0.1) is 0 Å². The average Bonchev–Trinajstić information content (AvgIpc) is 3.21. The molecule has 0 radical (unpaired) electrons. The van der Waals surface area contributed by atoms with Crippen LogP contribution in [0.1, 0.15) is 44.9 Å². The number of allylic oxidation sites excluding steroid dienone is 1. The van der Waals surface area contributed by atoms with Crippen LogP contribution in [0.4, 0.5) is 0 Å². The van der Waals surface area contributed by atoms with Crippen LogP contribution < -0.4 is 29.1 Å². The van der Waals surface area contributed by atoms with Crippen LogP contribution in [0.5, 0.6) is 17.2 Å². The first-order chi connectivity index (χ1) is 19.2. The van der Waals surface area contributed by atoms with Crippen molar-refractivity contribution in [1.29, 1.82) is 0 Å². The summed E-state index contributed by atoms with van der Waals surface area (Å²) in [7, 11) is 1.51. The third kappa shape index (κ3) is 5.85. The van der Waals surface area contributed by atoms with E-state index in [1.54, 1.807) is 38.1 Å². The molecule has 1 aliphatic heterocycles. The van der Waals surface area contributed by atoms with Crippen molar-refractivity contribution in [2.24, 2.45) is 4.99 Å². The SMILES string of the molecule is C=CCOc1c(Cl)cc(/C=c2/sc3n(c2=O)[C@H](c2ccccc2OC(C)C)C(C(=O)OCC)=C(C)N=3)cc1OC. The van der Waals surface area contributed by atoms with Gasteiger partial charge in [-0.2, -0.15) is 0 Å². The van der Waals surface area contributed by atoms with Gasteiger partial charge in [0.15, 0.2) is 16.3 Å². The molecule has 2 aromatic carbocycles. The van der Waals surface area contributed by atoms with Gasteiger partial charge in [0.2, 0.25) is 0 Å². The number of para-hydroxylation sites is 1. The lowest BCUT2D eigenvalue weighted by atomic mass is 9.95. The standard InChI is InChI=1S/C30H31ClN2O6S/c1-7-13-38-27-21(31)14-19(15-23(27)36-6)16-24-28(34)33-26(20-11-9-10-12-22(20)39-17(3)4)25(29(35)37-8-2)18(5)32-30(33)40-24/h7,9-12,14-17,26H,1,8,13H2,2-6H3/b24-16+/t26-/m1/s1. The van der Waals surface area contributed by atoms with Gasteiger partial charge >= 0.3 is 5.97 Å². The lowest BCUT2D eigenvalue weighted by molar-refractivity contribution is -0.139. The van der Waals surface area contributed by atoms with Crippen LogP contribution in [0, 0.1) is 0 Å². The van der Waals surface area contributed by atoms with Crippen molar-refractivity contribution in [1.82, 2.24) is 4.57 Å². The summed E-state index contributed by atoms with van der Waals surface area (Å²) < 4.78 is 24.5. The fourth-order valence-electron chi connectivity index (χ4n) is 4.41. The van der Waals surface area contributed by atoms with E-state index in [0.29, 0.717) is 48.4 Å². The minimum absolute atomic E-state index is 0.119. The molecule has 1 aliphatic rings. The Bertz CT molecular complexity index is 1650. The van der Waals surface area contributed by atoms with Crippen molar-refractivity contribution in [3.63, 3.8) is 0 Å². The number of halogens is 1. The van der Waals surface area contributed by atoms with Gasteiger partial charge in [0, 0.05) is 5.56 Å². The second-order valence-corrected chi connectivity index (χ2v) is 10.6. The Morgan fingerprint density at radius 1 is 1.25 bits per heavy atom. The fourth-order valence-corrected chi connectivity index (χ4v) is 5.73. The molecule has 0 aliphatic carbocycles. The molecule has 40 heavy (non-hydrogen) atoms. The summed E-state index contributed by atoms with van der Waals surface area (Å²) in [6, 6.07) is 10.0. The van der Waals surface area contributed by atoms with E-state index < -0.39 is 12.0 Å². The number of hydrogen-bond acceptors (Lipinski definition) is 8. The van der Waals surface area contributed by atoms with Crippen LogP contribution in [0.3, 0.4) is 0 Å². The van der Waals surface area contributed by atoms with E-state index in [1.807, 2.05) is 38.1 Å². The summed E-state index contributed by atoms with van der Waals surface area (Å²) in [6.45, 7) is 11.4. The van der Waals surface area contributed by atoms with Gasteiger partial charge in [0.1, 0.15) is 18.4 Å². The molecule has 3 aromatic rings. The fraction of sp³-hybridized carbons (Fsp3) is 0.300. The monoisotopic (exact) mass is 582 g/mol. The third-order valence-corrected chi connectivity index (χ3v) is 7.25. The summed E-state index contributed by atoms with van der Waals surface area (Å²) >= 11 is 7.71. The zero-order valence-corrected chi connectivity index (χ0v) is 24.6. The molecule has 1 atom stereocenters. The second kappa shape index (κ2) is 12.6. The molecule has 210 valence electrons. The zero-order valence-electron chi connectivity index (χ0n) is 23.0.